The lowest BCUT2D eigenvalue weighted by Crippen LogP contribution is -2.36. The van der Waals surface area contributed by atoms with Gasteiger partial charge in [-0.15, -0.1) is 0 Å². The summed E-state index contributed by atoms with van der Waals surface area (Å²) in [6.07, 6.45) is 0.770. The molecule has 3 nitrogen and oxygen atoms in total. The Hall–Kier alpha value is -0.570. The molecule has 1 rings (SSSR count). The second-order valence-electron chi connectivity index (χ2n) is 2.87. The third-order valence-electron chi connectivity index (χ3n) is 2.02. The fourth-order valence-corrected chi connectivity index (χ4v) is 0.998. The second kappa shape index (κ2) is 2.23. The van der Waals surface area contributed by atoms with Crippen LogP contribution < -0.4 is 5.73 Å². The number of nitrogens with two attached hydrogens (primary N) is 1. The molecule has 0 radical (unpaired) electrons. The first kappa shape index (κ1) is 7.54. The summed E-state index contributed by atoms with van der Waals surface area (Å²) in [4.78, 5) is 11.0. The lowest BCUT2D eigenvalue weighted by molar-refractivity contribution is -0.146. The van der Waals surface area contributed by atoms with Crippen LogP contribution in [-0.4, -0.2) is 18.1 Å². The van der Waals surface area contributed by atoms with Gasteiger partial charge in [-0.05, 0) is 19.3 Å². The summed E-state index contributed by atoms with van der Waals surface area (Å²) < 4.78 is 4.78. The predicted octanol–water partition coefficient (Wildman–Crippen LogP) is 0.287. The van der Waals surface area contributed by atoms with E-state index in [-0.39, 0.29) is 5.97 Å². The highest BCUT2D eigenvalue weighted by Gasteiger charge is 2.55. The van der Waals surface area contributed by atoms with Gasteiger partial charge in [-0.2, -0.15) is 0 Å². The third-order valence-corrected chi connectivity index (χ3v) is 2.02. The minimum Gasteiger partial charge on any atom is -0.465 e. The summed E-state index contributed by atoms with van der Waals surface area (Å²) in [5, 5.41) is 0. The van der Waals surface area contributed by atoms with Crippen molar-refractivity contribution in [3.63, 3.8) is 0 Å². The van der Waals surface area contributed by atoms with Gasteiger partial charge >= 0.3 is 5.97 Å². The van der Waals surface area contributed by atoms with Crippen LogP contribution in [0.2, 0.25) is 0 Å². The largest absolute Gasteiger partial charge is 0.465 e. The second-order valence-corrected chi connectivity index (χ2v) is 2.87. The highest BCUT2D eigenvalue weighted by atomic mass is 16.5. The molecule has 10 heavy (non-hydrogen) atoms. The summed E-state index contributed by atoms with van der Waals surface area (Å²) in [6, 6.07) is 0. The SMILES string of the molecule is CCOC(=O)[C@@]1(N)C[C@H]1C. The van der Waals surface area contributed by atoms with E-state index in [9.17, 15) is 4.79 Å². The van der Waals surface area contributed by atoms with Gasteiger partial charge in [-0.25, -0.2) is 0 Å². The number of esters is 1. The summed E-state index contributed by atoms with van der Waals surface area (Å²) in [6.45, 7) is 4.16. The zero-order chi connectivity index (χ0) is 7.78. The van der Waals surface area contributed by atoms with Crippen LogP contribution in [0.15, 0.2) is 0 Å². The van der Waals surface area contributed by atoms with Gasteiger partial charge in [0.1, 0.15) is 5.54 Å². The summed E-state index contributed by atoms with van der Waals surface area (Å²) in [5.41, 5.74) is 5.00. The molecule has 0 unspecified atom stereocenters. The quantitative estimate of drug-likeness (QED) is 0.565. The highest BCUT2D eigenvalue weighted by molar-refractivity contribution is 5.84. The van der Waals surface area contributed by atoms with Crippen LogP contribution in [0.1, 0.15) is 20.3 Å². The van der Waals surface area contributed by atoms with Crippen molar-refractivity contribution in [2.75, 3.05) is 6.61 Å². The Balaban J connectivity index is 2.43. The summed E-state index contributed by atoms with van der Waals surface area (Å²) in [5.74, 6) is 0.0500. The molecule has 0 aromatic carbocycles. The molecule has 1 aliphatic rings. The first-order valence-corrected chi connectivity index (χ1v) is 3.57. The predicted molar refractivity (Wildman–Crippen MR) is 37.3 cm³/mol. The fraction of sp³-hybridized carbons (Fsp3) is 0.857. The molecule has 0 saturated heterocycles. The van der Waals surface area contributed by atoms with Gasteiger partial charge in [-0.1, -0.05) is 6.92 Å². The van der Waals surface area contributed by atoms with Crippen molar-refractivity contribution in [2.45, 2.75) is 25.8 Å². The average molecular weight is 143 g/mol. The number of ether oxygens (including phenoxy) is 1. The van der Waals surface area contributed by atoms with E-state index in [4.69, 9.17) is 10.5 Å². The van der Waals surface area contributed by atoms with Crippen molar-refractivity contribution < 1.29 is 9.53 Å². The molecule has 1 saturated carbocycles. The molecular formula is C7H13NO2. The molecule has 1 aliphatic carbocycles. The van der Waals surface area contributed by atoms with Crippen LogP contribution in [0.4, 0.5) is 0 Å². The maximum absolute atomic E-state index is 11.0. The molecule has 1 fully saturated rings. The van der Waals surface area contributed by atoms with Crippen LogP contribution in [0.3, 0.4) is 0 Å². The van der Waals surface area contributed by atoms with Crippen molar-refractivity contribution in [2.24, 2.45) is 11.7 Å². The van der Waals surface area contributed by atoms with E-state index in [1.165, 1.54) is 0 Å². The molecule has 0 heterocycles. The topological polar surface area (TPSA) is 52.3 Å². The maximum Gasteiger partial charge on any atom is 0.326 e. The first-order valence-electron chi connectivity index (χ1n) is 3.57. The molecule has 0 aliphatic heterocycles. The molecular weight excluding hydrogens is 130 g/mol. The van der Waals surface area contributed by atoms with Gasteiger partial charge in [0.2, 0.25) is 0 Å². The average Bonchev–Trinajstić information content (AvgIpc) is 2.43. The Bertz CT molecular complexity index is 158. The Morgan fingerprint density at radius 2 is 2.40 bits per heavy atom. The smallest absolute Gasteiger partial charge is 0.326 e. The Kier molecular flexibility index (Phi) is 1.68. The minimum atomic E-state index is -0.643. The van der Waals surface area contributed by atoms with Crippen LogP contribution >= 0.6 is 0 Å². The zero-order valence-electron chi connectivity index (χ0n) is 6.39. The third kappa shape index (κ3) is 1.01. The van der Waals surface area contributed by atoms with E-state index < -0.39 is 5.54 Å². The van der Waals surface area contributed by atoms with E-state index >= 15 is 0 Å². The first-order chi connectivity index (χ1) is 4.61. The highest BCUT2D eigenvalue weighted by Crippen LogP contribution is 2.41. The van der Waals surface area contributed by atoms with Crippen molar-refractivity contribution in [1.29, 1.82) is 0 Å². The number of rotatable bonds is 2. The van der Waals surface area contributed by atoms with Crippen molar-refractivity contribution >= 4 is 5.97 Å². The molecule has 0 spiro atoms. The molecule has 2 N–H and O–H groups in total. The van der Waals surface area contributed by atoms with Gasteiger partial charge in [0, 0.05) is 0 Å². The zero-order valence-corrected chi connectivity index (χ0v) is 6.39. The standard InChI is InChI=1S/C7H13NO2/c1-3-10-6(9)7(8)4-5(7)2/h5H,3-4,8H2,1-2H3/t5-,7-/m1/s1. The van der Waals surface area contributed by atoms with Crippen LogP contribution in [0, 0.1) is 5.92 Å². The number of carbonyl (C=O) groups is 1. The monoisotopic (exact) mass is 143 g/mol. The fourth-order valence-electron chi connectivity index (χ4n) is 0.998. The van der Waals surface area contributed by atoms with E-state index in [2.05, 4.69) is 0 Å². The molecule has 0 amide bonds. The van der Waals surface area contributed by atoms with Gasteiger partial charge in [0.05, 0.1) is 6.61 Å². The summed E-state index contributed by atoms with van der Waals surface area (Å²) in [7, 11) is 0. The lowest BCUT2D eigenvalue weighted by Gasteiger charge is -2.07. The van der Waals surface area contributed by atoms with Gasteiger partial charge < -0.3 is 10.5 Å². The van der Waals surface area contributed by atoms with Crippen molar-refractivity contribution in [3.8, 4) is 0 Å². The lowest BCUT2D eigenvalue weighted by atomic mass is 10.2. The van der Waals surface area contributed by atoms with E-state index in [1.54, 1.807) is 6.92 Å². The Morgan fingerprint density at radius 1 is 1.90 bits per heavy atom. The van der Waals surface area contributed by atoms with Crippen LogP contribution in [0.25, 0.3) is 0 Å². The molecule has 0 aromatic rings. The van der Waals surface area contributed by atoms with Gasteiger partial charge in [-0.3, -0.25) is 4.79 Å². The minimum absolute atomic E-state index is 0.248. The van der Waals surface area contributed by atoms with Crippen LogP contribution in [-0.2, 0) is 9.53 Å². The molecule has 0 aromatic heterocycles. The molecule has 2 atom stereocenters. The molecule has 0 bridgehead atoms. The maximum atomic E-state index is 11.0. The molecule has 58 valence electrons. The van der Waals surface area contributed by atoms with Gasteiger partial charge in [0.15, 0.2) is 0 Å². The van der Waals surface area contributed by atoms with E-state index in [0.717, 1.165) is 6.42 Å². The Labute approximate surface area is 60.5 Å². The van der Waals surface area contributed by atoms with Crippen molar-refractivity contribution in [3.05, 3.63) is 0 Å². The van der Waals surface area contributed by atoms with Gasteiger partial charge in [0.25, 0.3) is 0 Å². The van der Waals surface area contributed by atoms with Crippen LogP contribution in [0.5, 0.6) is 0 Å². The van der Waals surface area contributed by atoms with E-state index in [1.807, 2.05) is 6.92 Å². The van der Waals surface area contributed by atoms with E-state index in [0.29, 0.717) is 12.5 Å². The summed E-state index contributed by atoms with van der Waals surface area (Å²) >= 11 is 0. The molecule has 3 heteroatoms. The normalized spacial score (nSPS) is 37.3. The van der Waals surface area contributed by atoms with Crippen molar-refractivity contribution in [1.82, 2.24) is 0 Å². The number of carbonyl (C=O) groups excluding carboxylic acids is 1. The number of hydrogen-bond donors (Lipinski definition) is 1. The Morgan fingerprint density at radius 3 is 2.70 bits per heavy atom. The number of hydrogen-bond acceptors (Lipinski definition) is 3.